The third-order valence-corrected chi connectivity index (χ3v) is 0.175. The molecule has 0 amide bonds. The average molecular weight is 135 g/mol. The third kappa shape index (κ3) is 111. The van der Waals surface area contributed by atoms with Gasteiger partial charge in [-0.15, -0.1) is 0 Å². The minimum Gasteiger partial charge on any atom is -0.480 e. The van der Waals surface area contributed by atoms with Crippen LogP contribution in [0.1, 0.15) is 13.8 Å². The topological polar surface area (TPSA) is 83.5 Å². The molecule has 9 heavy (non-hydrogen) atoms. The number of hydrogen-bond donors (Lipinski definition) is 3. The van der Waals surface area contributed by atoms with Gasteiger partial charge in [-0.3, -0.25) is 4.79 Å². The number of carboxylic acids is 1. The Kier molecular flexibility index (Phi) is 9.21. The van der Waals surface area contributed by atoms with Crippen LogP contribution in [0.25, 0.3) is 0 Å². The average Bonchev–Trinajstić information content (AvgIpc) is 1.65. The number of aliphatic hydroxyl groups excluding tert-OH is 1. The largest absolute Gasteiger partial charge is 0.480 e. The Morgan fingerprint density at radius 1 is 1.67 bits per heavy atom. The molecule has 0 fully saturated rings. The summed E-state index contributed by atoms with van der Waals surface area (Å²) in [6.07, 6.45) is -0.167. The molecule has 0 radical (unpaired) electrons. The second-order valence-electron chi connectivity index (χ2n) is 1.69. The van der Waals surface area contributed by atoms with Gasteiger partial charge < -0.3 is 15.9 Å². The zero-order valence-corrected chi connectivity index (χ0v) is 5.66. The summed E-state index contributed by atoms with van der Waals surface area (Å²) < 4.78 is 0. The van der Waals surface area contributed by atoms with Gasteiger partial charge in [0.2, 0.25) is 0 Å². The number of aliphatic carboxylic acids is 1. The summed E-state index contributed by atoms with van der Waals surface area (Å²) in [6.45, 7) is 3.17. The summed E-state index contributed by atoms with van der Waals surface area (Å²) in [5.74, 6) is -0.968. The van der Waals surface area contributed by atoms with Crippen LogP contribution >= 0.6 is 0 Å². The first kappa shape index (κ1) is 11.2. The highest BCUT2D eigenvalue weighted by molar-refractivity contribution is 5.68. The molecule has 0 rings (SSSR count). The molecule has 4 N–H and O–H groups in total. The molecule has 0 heterocycles. The molecular formula is C5H13NO3. The van der Waals surface area contributed by atoms with Gasteiger partial charge in [0.05, 0.1) is 6.54 Å². The Balaban J connectivity index is 0. The highest BCUT2D eigenvalue weighted by atomic mass is 16.4. The maximum absolute atomic E-state index is 9.24. The van der Waals surface area contributed by atoms with Crippen LogP contribution in [0, 0.1) is 0 Å². The molecule has 0 unspecified atom stereocenters. The molecule has 0 bridgehead atoms. The summed E-state index contributed by atoms with van der Waals surface area (Å²) in [4.78, 5) is 9.24. The normalized spacial score (nSPS) is 8.11. The number of rotatable bonds is 1. The van der Waals surface area contributed by atoms with Gasteiger partial charge in [0.1, 0.15) is 0 Å². The van der Waals surface area contributed by atoms with Gasteiger partial charge in [-0.1, -0.05) is 0 Å². The van der Waals surface area contributed by atoms with Gasteiger partial charge in [-0.25, -0.2) is 0 Å². The van der Waals surface area contributed by atoms with Crippen molar-refractivity contribution in [2.45, 2.75) is 20.0 Å². The van der Waals surface area contributed by atoms with E-state index in [1.54, 1.807) is 13.8 Å². The Morgan fingerprint density at radius 2 is 1.78 bits per heavy atom. The zero-order chi connectivity index (χ0) is 7.86. The van der Waals surface area contributed by atoms with Crippen molar-refractivity contribution in [3.05, 3.63) is 0 Å². The summed E-state index contributed by atoms with van der Waals surface area (Å²) in [5, 5.41) is 15.7. The fourth-order valence-corrected chi connectivity index (χ4v) is 0. The lowest BCUT2D eigenvalue weighted by molar-refractivity contribution is -0.135. The van der Waals surface area contributed by atoms with E-state index >= 15 is 0 Å². The van der Waals surface area contributed by atoms with Gasteiger partial charge in [0.25, 0.3) is 0 Å². The van der Waals surface area contributed by atoms with E-state index in [0.717, 1.165) is 0 Å². The van der Waals surface area contributed by atoms with Gasteiger partial charge in [0, 0.05) is 6.10 Å². The Labute approximate surface area is 54.3 Å². The number of carbonyl (C=O) groups is 1. The lowest BCUT2D eigenvalue weighted by Gasteiger charge is -1.80. The Bertz CT molecular complexity index is 69.8. The quantitative estimate of drug-likeness (QED) is 0.449. The molecule has 0 saturated carbocycles. The van der Waals surface area contributed by atoms with Crippen LogP contribution in [0.4, 0.5) is 0 Å². The van der Waals surface area contributed by atoms with Crippen LogP contribution in [-0.4, -0.2) is 28.8 Å². The Morgan fingerprint density at radius 3 is 1.78 bits per heavy atom. The van der Waals surface area contributed by atoms with E-state index in [-0.39, 0.29) is 12.6 Å². The fraction of sp³-hybridized carbons (Fsp3) is 0.800. The summed E-state index contributed by atoms with van der Waals surface area (Å²) >= 11 is 0. The SMILES string of the molecule is CC(C)O.NCC(=O)O. The van der Waals surface area contributed by atoms with Gasteiger partial charge in [-0.2, -0.15) is 0 Å². The highest BCUT2D eigenvalue weighted by Gasteiger charge is 1.81. The molecule has 0 saturated heterocycles. The summed E-state index contributed by atoms with van der Waals surface area (Å²) in [7, 11) is 0. The number of aliphatic hydroxyl groups is 1. The minimum absolute atomic E-state index is 0.167. The summed E-state index contributed by atoms with van der Waals surface area (Å²) in [5.41, 5.74) is 4.57. The molecule has 4 nitrogen and oxygen atoms in total. The molecule has 0 aromatic rings. The molecule has 0 aromatic heterocycles. The zero-order valence-electron chi connectivity index (χ0n) is 5.66. The predicted octanol–water partition coefficient (Wildman–Crippen LogP) is -0.583. The van der Waals surface area contributed by atoms with Crippen LogP contribution in [0.2, 0.25) is 0 Å². The Hall–Kier alpha value is -0.610. The van der Waals surface area contributed by atoms with E-state index in [1.807, 2.05) is 0 Å². The highest BCUT2D eigenvalue weighted by Crippen LogP contribution is 1.65. The van der Waals surface area contributed by atoms with Crippen molar-refractivity contribution in [1.82, 2.24) is 0 Å². The van der Waals surface area contributed by atoms with E-state index in [4.69, 9.17) is 10.2 Å². The van der Waals surface area contributed by atoms with Crippen LogP contribution in [0.15, 0.2) is 0 Å². The van der Waals surface area contributed by atoms with Gasteiger partial charge in [0.15, 0.2) is 0 Å². The van der Waals surface area contributed by atoms with E-state index in [2.05, 4.69) is 5.73 Å². The molecule has 0 atom stereocenters. The first-order chi connectivity index (χ1) is 4.00. The molecule has 0 aliphatic heterocycles. The van der Waals surface area contributed by atoms with E-state index < -0.39 is 5.97 Å². The smallest absolute Gasteiger partial charge is 0.317 e. The molecule has 0 aromatic carbocycles. The van der Waals surface area contributed by atoms with Crippen molar-refractivity contribution in [1.29, 1.82) is 0 Å². The van der Waals surface area contributed by atoms with Crippen LogP contribution in [0.5, 0.6) is 0 Å². The lowest BCUT2D eigenvalue weighted by atomic mass is 10.5. The standard InChI is InChI=1S/C3H8O.C2H5NO2/c1-3(2)4;3-1-2(4)5/h3-4H,1-2H3;1,3H2,(H,4,5). The molecular weight excluding hydrogens is 122 g/mol. The molecule has 0 aliphatic carbocycles. The van der Waals surface area contributed by atoms with Crippen molar-refractivity contribution in [2.75, 3.05) is 6.54 Å². The van der Waals surface area contributed by atoms with Crippen LogP contribution in [-0.2, 0) is 4.79 Å². The molecule has 4 heteroatoms. The number of hydrogen-bond acceptors (Lipinski definition) is 3. The van der Waals surface area contributed by atoms with Gasteiger partial charge >= 0.3 is 5.97 Å². The van der Waals surface area contributed by atoms with Crippen LogP contribution < -0.4 is 5.73 Å². The van der Waals surface area contributed by atoms with Crippen molar-refractivity contribution < 1.29 is 15.0 Å². The third-order valence-electron chi connectivity index (χ3n) is 0.175. The fourth-order valence-electron chi connectivity index (χ4n) is 0. The number of carboxylic acid groups (broad SMARTS) is 1. The van der Waals surface area contributed by atoms with Crippen molar-refractivity contribution in [2.24, 2.45) is 5.73 Å². The molecule has 0 aliphatic rings. The lowest BCUT2D eigenvalue weighted by Crippen LogP contribution is -2.10. The van der Waals surface area contributed by atoms with Crippen molar-refractivity contribution in [3.63, 3.8) is 0 Å². The monoisotopic (exact) mass is 135 g/mol. The second-order valence-corrected chi connectivity index (χ2v) is 1.69. The van der Waals surface area contributed by atoms with E-state index in [1.165, 1.54) is 0 Å². The van der Waals surface area contributed by atoms with E-state index in [9.17, 15) is 4.79 Å². The molecule has 0 spiro atoms. The first-order valence-corrected chi connectivity index (χ1v) is 2.60. The van der Waals surface area contributed by atoms with E-state index in [0.29, 0.717) is 0 Å². The van der Waals surface area contributed by atoms with Gasteiger partial charge in [-0.05, 0) is 13.8 Å². The predicted molar refractivity (Wildman–Crippen MR) is 34.0 cm³/mol. The molecule has 56 valence electrons. The maximum Gasteiger partial charge on any atom is 0.317 e. The maximum atomic E-state index is 9.24. The van der Waals surface area contributed by atoms with Crippen molar-refractivity contribution >= 4 is 5.97 Å². The minimum atomic E-state index is -0.968. The summed E-state index contributed by atoms with van der Waals surface area (Å²) in [6, 6.07) is 0. The van der Waals surface area contributed by atoms with Crippen molar-refractivity contribution in [3.8, 4) is 0 Å². The second kappa shape index (κ2) is 7.39. The van der Waals surface area contributed by atoms with Crippen LogP contribution in [0.3, 0.4) is 0 Å². The number of nitrogens with two attached hydrogens (primary N) is 1. The first-order valence-electron chi connectivity index (χ1n) is 2.60.